The first-order chi connectivity index (χ1) is 39.0. The van der Waals surface area contributed by atoms with Crippen LogP contribution in [0.25, 0.3) is 33.5 Å². The number of rotatable bonds is 16. The molecule has 0 unspecified atom stereocenters. The Labute approximate surface area is 480 Å². The molecule has 10 rings (SSSR count). The molecule has 8 heterocycles. The van der Waals surface area contributed by atoms with Crippen molar-refractivity contribution in [1.82, 2.24) is 48.8 Å². The predicted octanol–water partition coefficient (Wildman–Crippen LogP) is 10.1. The average molecular weight is 1120 g/mol. The van der Waals surface area contributed by atoms with Gasteiger partial charge in [0.1, 0.15) is 11.6 Å². The van der Waals surface area contributed by atoms with Gasteiger partial charge < -0.3 is 54.0 Å². The average Bonchev–Trinajstić information content (AvgIpc) is 4.35. The van der Waals surface area contributed by atoms with Crippen molar-refractivity contribution in [3.63, 3.8) is 0 Å². The standard InChI is InChI=1S/C31H36N6O3.C25H23N5O4.C6H15N.CH4/c1-21(2)37(22(3)4)29(38)17-23-6-5-7-24(16-23)26-18-27(30-32-10-11-36(30)20-26)34-28-9-8-25(19-33-28)31(39)35-12-14-40-15-13-35;31-23(32)13-17-2-1-3-18(12-17)20-14-21(24-26-6-7-30(24)16-20)28-22-5-4-19(15-27-22)25(33)29-8-10-34-11-9-29;1-5(2)7-6(3)4;/h5-11,16,18-22H,12-15,17H2,1-4H3,(H,33,34);1-7,12,14-16H,8-11,13H2,(H,27,28)(H,31,32);5-7H,1-4H3;1H4. The summed E-state index contributed by atoms with van der Waals surface area (Å²) in [4.78, 5) is 73.0. The molecule has 3 amide bonds. The monoisotopic (exact) mass is 1110 g/mol. The smallest absolute Gasteiger partial charge is 0.307 e. The minimum Gasteiger partial charge on any atom is -0.481 e. The molecular weight excluding hydrogens is 1040 g/mol. The van der Waals surface area contributed by atoms with E-state index in [1.54, 1.807) is 64.9 Å². The fourth-order valence-corrected chi connectivity index (χ4v) is 9.93. The van der Waals surface area contributed by atoms with E-state index >= 15 is 0 Å². The number of imidazole rings is 2. The lowest BCUT2D eigenvalue weighted by atomic mass is 10.0. The van der Waals surface area contributed by atoms with Gasteiger partial charge in [0, 0.05) is 111 Å². The van der Waals surface area contributed by atoms with Gasteiger partial charge in [-0.25, -0.2) is 19.9 Å². The third-order valence-electron chi connectivity index (χ3n) is 13.4. The van der Waals surface area contributed by atoms with Crippen LogP contribution in [0.4, 0.5) is 23.0 Å². The number of fused-ring (bicyclic) bond motifs is 2. The minimum atomic E-state index is -0.869. The predicted molar refractivity (Wildman–Crippen MR) is 322 cm³/mol. The van der Waals surface area contributed by atoms with E-state index in [0.717, 1.165) is 56.0 Å². The molecule has 0 spiro atoms. The second-order valence-corrected chi connectivity index (χ2v) is 21.1. The Morgan fingerprint density at radius 2 is 0.988 bits per heavy atom. The van der Waals surface area contributed by atoms with Gasteiger partial charge in [-0.15, -0.1) is 0 Å². The molecule has 432 valence electrons. The van der Waals surface area contributed by atoms with E-state index in [9.17, 15) is 19.2 Å². The Morgan fingerprint density at radius 1 is 0.561 bits per heavy atom. The quantitative estimate of drug-likeness (QED) is 0.0709. The van der Waals surface area contributed by atoms with Crippen LogP contribution in [0.2, 0.25) is 0 Å². The van der Waals surface area contributed by atoms with Crippen LogP contribution < -0.4 is 16.0 Å². The van der Waals surface area contributed by atoms with Crippen LogP contribution in [-0.2, 0) is 31.9 Å². The number of pyridine rings is 4. The Morgan fingerprint density at radius 3 is 1.35 bits per heavy atom. The number of carbonyl (C=O) groups excluding carboxylic acids is 3. The van der Waals surface area contributed by atoms with Gasteiger partial charge in [0.15, 0.2) is 11.3 Å². The zero-order chi connectivity index (χ0) is 57.6. The highest BCUT2D eigenvalue weighted by molar-refractivity contribution is 5.95. The fraction of sp³-hybridized carbons (Fsp3) is 0.365. The number of nitrogens with one attached hydrogen (secondary N) is 3. The molecule has 2 fully saturated rings. The molecule has 0 saturated carbocycles. The fourth-order valence-electron chi connectivity index (χ4n) is 9.93. The van der Waals surface area contributed by atoms with Crippen LogP contribution in [0.5, 0.6) is 0 Å². The van der Waals surface area contributed by atoms with Crippen molar-refractivity contribution >= 4 is 58.0 Å². The third-order valence-corrected chi connectivity index (χ3v) is 13.4. The van der Waals surface area contributed by atoms with Crippen molar-refractivity contribution in [2.24, 2.45) is 0 Å². The van der Waals surface area contributed by atoms with Gasteiger partial charge in [-0.2, -0.15) is 0 Å². The molecule has 6 aromatic heterocycles. The number of aromatic nitrogens is 6. The Balaban J connectivity index is 0.000000211. The molecular formula is C63H78N12O7. The van der Waals surface area contributed by atoms with Crippen LogP contribution >= 0.6 is 0 Å². The molecule has 82 heavy (non-hydrogen) atoms. The molecule has 2 aliphatic rings. The van der Waals surface area contributed by atoms with Gasteiger partial charge in [-0.3, -0.25) is 19.2 Å². The highest BCUT2D eigenvalue weighted by Crippen LogP contribution is 2.31. The van der Waals surface area contributed by atoms with Crippen LogP contribution in [0.1, 0.15) is 94.7 Å². The van der Waals surface area contributed by atoms with Gasteiger partial charge in [-0.1, -0.05) is 83.7 Å². The number of morpholine rings is 2. The number of anilines is 4. The molecule has 19 heteroatoms. The van der Waals surface area contributed by atoms with Crippen molar-refractivity contribution in [2.45, 2.75) is 99.8 Å². The normalized spacial score (nSPS) is 13.3. The first-order valence-electron chi connectivity index (χ1n) is 27.6. The summed E-state index contributed by atoms with van der Waals surface area (Å²) in [6.07, 6.45) is 14.7. The minimum absolute atomic E-state index is 0. The second kappa shape index (κ2) is 28.8. The first kappa shape index (κ1) is 61.1. The molecule has 4 N–H and O–H groups in total. The molecule has 0 bridgehead atoms. The van der Waals surface area contributed by atoms with Gasteiger partial charge in [0.2, 0.25) is 5.91 Å². The number of ether oxygens (including phenoxy) is 2. The van der Waals surface area contributed by atoms with E-state index in [4.69, 9.17) is 14.6 Å². The van der Waals surface area contributed by atoms with Crippen molar-refractivity contribution in [3.8, 4) is 22.3 Å². The van der Waals surface area contributed by atoms with Crippen molar-refractivity contribution in [1.29, 1.82) is 0 Å². The summed E-state index contributed by atoms with van der Waals surface area (Å²) >= 11 is 0. The first-order valence-corrected chi connectivity index (χ1v) is 27.6. The molecule has 2 aromatic carbocycles. The maximum absolute atomic E-state index is 13.1. The number of nitrogens with zero attached hydrogens (tertiary/aromatic N) is 9. The lowest BCUT2D eigenvalue weighted by Crippen LogP contribution is -2.42. The van der Waals surface area contributed by atoms with Gasteiger partial charge >= 0.3 is 5.97 Å². The largest absolute Gasteiger partial charge is 0.481 e. The number of hydrogen-bond acceptors (Lipinski definition) is 13. The van der Waals surface area contributed by atoms with Crippen LogP contribution in [0.15, 0.2) is 135 Å². The maximum Gasteiger partial charge on any atom is 0.307 e. The number of amides is 3. The second-order valence-electron chi connectivity index (χ2n) is 21.1. The van der Waals surface area contributed by atoms with Gasteiger partial charge in [0.25, 0.3) is 11.8 Å². The number of carboxylic acid groups (broad SMARTS) is 1. The van der Waals surface area contributed by atoms with E-state index in [2.05, 4.69) is 69.6 Å². The number of carbonyl (C=O) groups is 4. The zero-order valence-corrected chi connectivity index (χ0v) is 47.5. The summed E-state index contributed by atoms with van der Waals surface area (Å²) in [6.45, 7) is 21.4. The molecule has 0 aliphatic carbocycles. The summed E-state index contributed by atoms with van der Waals surface area (Å²) < 4.78 is 14.5. The molecule has 0 atom stereocenters. The van der Waals surface area contributed by atoms with Crippen molar-refractivity contribution in [2.75, 3.05) is 63.2 Å². The van der Waals surface area contributed by atoms with E-state index in [1.165, 1.54) is 0 Å². The Hall–Kier alpha value is -8.52. The van der Waals surface area contributed by atoms with Gasteiger partial charge in [0.05, 0.1) is 61.8 Å². The molecule has 0 radical (unpaired) electrons. The zero-order valence-electron chi connectivity index (χ0n) is 47.5. The highest BCUT2D eigenvalue weighted by Gasteiger charge is 2.23. The SMILES string of the molecule is C.CC(C)N(C(=O)Cc1cccc(-c2cc(Nc3ccc(C(=O)N4CCOCC4)cn3)c3nccn3c2)c1)C(C)C.CC(C)NC(C)C.O=C(O)Cc1cccc(-c2cc(Nc3ccc(C(=O)N4CCOCC4)cn3)c3nccn3c2)c1. The third kappa shape index (κ3) is 16.3. The highest BCUT2D eigenvalue weighted by atomic mass is 16.5. The lowest BCUT2D eigenvalue weighted by Gasteiger charge is -2.31. The summed E-state index contributed by atoms with van der Waals surface area (Å²) in [5.41, 5.74) is 9.57. The number of aliphatic carboxylic acids is 1. The molecule has 19 nitrogen and oxygen atoms in total. The van der Waals surface area contributed by atoms with E-state index in [-0.39, 0.29) is 43.7 Å². The molecule has 8 aromatic rings. The summed E-state index contributed by atoms with van der Waals surface area (Å²) in [5.74, 6) is 0.356. The summed E-state index contributed by atoms with van der Waals surface area (Å²) in [6, 6.07) is 28.2. The van der Waals surface area contributed by atoms with E-state index < -0.39 is 5.97 Å². The summed E-state index contributed by atoms with van der Waals surface area (Å²) in [5, 5.41) is 19.1. The number of hydrogen-bond donors (Lipinski definition) is 4. The van der Waals surface area contributed by atoms with E-state index in [0.29, 0.717) is 93.9 Å². The maximum atomic E-state index is 13.1. The van der Waals surface area contributed by atoms with Crippen molar-refractivity contribution < 1.29 is 33.8 Å². The number of benzene rings is 2. The number of carboxylic acids is 1. The molecule has 2 saturated heterocycles. The van der Waals surface area contributed by atoms with Crippen LogP contribution in [0.3, 0.4) is 0 Å². The summed E-state index contributed by atoms with van der Waals surface area (Å²) in [7, 11) is 0. The topological polar surface area (TPSA) is 213 Å². The molecule has 2 aliphatic heterocycles. The van der Waals surface area contributed by atoms with Crippen LogP contribution in [-0.4, -0.2) is 149 Å². The van der Waals surface area contributed by atoms with Crippen LogP contribution in [0, 0.1) is 0 Å². The Bertz CT molecular complexity index is 3380. The lowest BCUT2D eigenvalue weighted by molar-refractivity contribution is -0.136. The Kier molecular flexibility index (Phi) is 21.4. The van der Waals surface area contributed by atoms with Gasteiger partial charge in [-0.05, 0) is 86.3 Å². The van der Waals surface area contributed by atoms with Crippen molar-refractivity contribution in [3.05, 3.63) is 157 Å². The van der Waals surface area contributed by atoms with E-state index in [1.807, 2.05) is 115 Å².